The molecule has 4 rings (SSSR count). The van der Waals surface area contributed by atoms with Gasteiger partial charge in [0.1, 0.15) is 5.82 Å². The highest BCUT2D eigenvalue weighted by Crippen LogP contribution is 2.19. The van der Waals surface area contributed by atoms with Gasteiger partial charge in [-0.15, -0.1) is 24.0 Å². The Morgan fingerprint density at radius 3 is 2.61 bits per heavy atom. The maximum absolute atomic E-state index is 4.61. The Bertz CT molecular complexity index is 1010. The van der Waals surface area contributed by atoms with Crippen LogP contribution in [0.5, 0.6) is 0 Å². The van der Waals surface area contributed by atoms with E-state index in [1.807, 2.05) is 23.1 Å². The van der Waals surface area contributed by atoms with Crippen LogP contribution in [-0.4, -0.2) is 40.9 Å². The van der Waals surface area contributed by atoms with E-state index in [1.165, 1.54) is 36.8 Å². The Kier molecular flexibility index (Phi) is 9.53. The molecule has 2 aromatic heterocycles. The van der Waals surface area contributed by atoms with Crippen LogP contribution in [0.4, 0.5) is 5.82 Å². The van der Waals surface area contributed by atoms with Crippen LogP contribution in [0, 0.1) is 0 Å². The predicted octanol–water partition coefficient (Wildman–Crippen LogP) is 4.69. The number of hydrogen-bond acceptors (Lipinski definition) is 4. The summed E-state index contributed by atoms with van der Waals surface area (Å²) in [6.07, 6.45) is 10.8. The molecule has 2 N–H and O–H groups in total. The number of rotatable bonds is 6. The lowest BCUT2D eigenvalue weighted by Crippen LogP contribution is -2.38. The second kappa shape index (κ2) is 12.6. The van der Waals surface area contributed by atoms with Gasteiger partial charge in [0.05, 0.1) is 11.7 Å². The van der Waals surface area contributed by atoms with Crippen LogP contribution in [0.25, 0.3) is 5.69 Å². The van der Waals surface area contributed by atoms with E-state index in [9.17, 15) is 0 Å². The van der Waals surface area contributed by atoms with Gasteiger partial charge in [0, 0.05) is 45.3 Å². The SMILES string of the molecule is CN=C(NCc1ccnc(N2CCCCCC2)c1)NC(C)c1cccc(-n2cccn2)c1.I. The Hall–Kier alpha value is -2.62. The molecule has 3 heterocycles. The smallest absolute Gasteiger partial charge is 0.191 e. The Balaban J connectivity index is 0.00000306. The van der Waals surface area contributed by atoms with E-state index in [2.05, 4.69) is 73.9 Å². The first-order chi connectivity index (χ1) is 15.7. The monoisotopic (exact) mass is 559 g/mol. The van der Waals surface area contributed by atoms with Crippen molar-refractivity contribution in [1.82, 2.24) is 25.4 Å². The Morgan fingerprint density at radius 2 is 1.88 bits per heavy atom. The molecule has 8 heteroatoms. The molecule has 176 valence electrons. The molecule has 0 saturated carbocycles. The normalized spacial score (nSPS) is 15.3. The summed E-state index contributed by atoms with van der Waals surface area (Å²) in [6.45, 7) is 5.03. The van der Waals surface area contributed by atoms with Crippen LogP contribution in [-0.2, 0) is 6.54 Å². The molecule has 1 fully saturated rings. The molecule has 1 unspecified atom stereocenters. The molecule has 0 spiro atoms. The van der Waals surface area contributed by atoms with Crippen LogP contribution in [0.1, 0.15) is 49.8 Å². The Morgan fingerprint density at radius 1 is 1.06 bits per heavy atom. The van der Waals surface area contributed by atoms with Crippen LogP contribution >= 0.6 is 24.0 Å². The van der Waals surface area contributed by atoms with Gasteiger partial charge in [0.15, 0.2) is 5.96 Å². The zero-order chi connectivity index (χ0) is 22.2. The van der Waals surface area contributed by atoms with Crippen molar-refractivity contribution in [3.63, 3.8) is 0 Å². The van der Waals surface area contributed by atoms with Gasteiger partial charge >= 0.3 is 0 Å². The molecule has 7 nitrogen and oxygen atoms in total. The summed E-state index contributed by atoms with van der Waals surface area (Å²) < 4.78 is 1.87. The number of guanidine groups is 1. The van der Waals surface area contributed by atoms with E-state index >= 15 is 0 Å². The standard InChI is InChI=1S/C25H33N7.HI/c1-20(22-9-7-10-23(18-22)32-16-8-12-29-32)30-25(26-2)28-19-21-11-13-27-24(17-21)31-14-5-3-4-6-15-31;/h7-13,16-18,20H,3-6,14-15,19H2,1-2H3,(H2,26,28,30);1H. The summed E-state index contributed by atoms with van der Waals surface area (Å²) in [6, 6.07) is 14.7. The van der Waals surface area contributed by atoms with E-state index in [1.54, 1.807) is 13.2 Å². The molecule has 0 amide bonds. The van der Waals surface area contributed by atoms with Crippen molar-refractivity contribution in [1.29, 1.82) is 0 Å². The van der Waals surface area contributed by atoms with Crippen molar-refractivity contribution < 1.29 is 0 Å². The maximum Gasteiger partial charge on any atom is 0.191 e. The van der Waals surface area contributed by atoms with Crippen LogP contribution in [0.2, 0.25) is 0 Å². The van der Waals surface area contributed by atoms with E-state index in [-0.39, 0.29) is 30.0 Å². The summed E-state index contributed by atoms with van der Waals surface area (Å²) in [7, 11) is 1.80. The van der Waals surface area contributed by atoms with E-state index in [0.29, 0.717) is 6.54 Å². The van der Waals surface area contributed by atoms with Crippen LogP contribution in [0.3, 0.4) is 0 Å². The number of benzene rings is 1. The first kappa shape index (κ1) is 25.0. The van der Waals surface area contributed by atoms with Crippen molar-refractivity contribution in [3.05, 3.63) is 72.2 Å². The second-order valence-corrected chi connectivity index (χ2v) is 8.26. The Labute approximate surface area is 213 Å². The van der Waals surface area contributed by atoms with E-state index < -0.39 is 0 Å². The van der Waals surface area contributed by atoms with Gasteiger partial charge in [0.2, 0.25) is 0 Å². The number of pyridine rings is 1. The van der Waals surface area contributed by atoms with Gasteiger partial charge in [-0.1, -0.05) is 25.0 Å². The average molecular weight is 560 g/mol. The lowest BCUT2D eigenvalue weighted by atomic mass is 10.1. The van der Waals surface area contributed by atoms with Gasteiger partial charge in [-0.2, -0.15) is 5.10 Å². The van der Waals surface area contributed by atoms with Crippen molar-refractivity contribution in [2.45, 2.75) is 45.2 Å². The summed E-state index contributed by atoms with van der Waals surface area (Å²) >= 11 is 0. The number of nitrogens with one attached hydrogen (secondary N) is 2. The number of anilines is 1. The molecule has 1 aliphatic rings. The molecule has 1 saturated heterocycles. The topological polar surface area (TPSA) is 70.4 Å². The van der Waals surface area contributed by atoms with Crippen molar-refractivity contribution in [3.8, 4) is 5.69 Å². The number of nitrogens with zero attached hydrogens (tertiary/aromatic N) is 5. The first-order valence-electron chi connectivity index (χ1n) is 11.5. The summed E-state index contributed by atoms with van der Waals surface area (Å²) in [5.74, 6) is 1.85. The van der Waals surface area contributed by atoms with E-state index in [4.69, 9.17) is 0 Å². The fourth-order valence-corrected chi connectivity index (χ4v) is 4.07. The fraction of sp³-hybridized carbons (Fsp3) is 0.400. The fourth-order valence-electron chi connectivity index (χ4n) is 4.07. The predicted molar refractivity (Wildman–Crippen MR) is 146 cm³/mol. The summed E-state index contributed by atoms with van der Waals surface area (Å²) in [4.78, 5) is 11.4. The highest BCUT2D eigenvalue weighted by Gasteiger charge is 2.12. The average Bonchev–Trinajstić information content (AvgIpc) is 3.24. The maximum atomic E-state index is 4.61. The third-order valence-corrected chi connectivity index (χ3v) is 5.92. The van der Waals surface area contributed by atoms with Gasteiger partial charge in [0.25, 0.3) is 0 Å². The minimum Gasteiger partial charge on any atom is -0.357 e. The second-order valence-electron chi connectivity index (χ2n) is 8.26. The number of aromatic nitrogens is 3. The zero-order valence-electron chi connectivity index (χ0n) is 19.4. The van der Waals surface area contributed by atoms with Gasteiger partial charge in [-0.05, 0) is 61.2 Å². The number of aliphatic imine (C=N–C) groups is 1. The molecule has 0 aliphatic carbocycles. The molecule has 3 aromatic rings. The van der Waals surface area contributed by atoms with Crippen molar-refractivity contribution in [2.24, 2.45) is 4.99 Å². The van der Waals surface area contributed by atoms with Crippen molar-refractivity contribution in [2.75, 3.05) is 25.0 Å². The molecule has 0 radical (unpaired) electrons. The third kappa shape index (κ3) is 6.93. The van der Waals surface area contributed by atoms with Crippen LogP contribution in [0.15, 0.2) is 66.0 Å². The molecular weight excluding hydrogens is 525 g/mol. The van der Waals surface area contributed by atoms with Crippen LogP contribution < -0.4 is 15.5 Å². The summed E-state index contributed by atoms with van der Waals surface area (Å²) in [5.41, 5.74) is 3.42. The third-order valence-electron chi connectivity index (χ3n) is 5.92. The number of halogens is 1. The van der Waals surface area contributed by atoms with Crippen molar-refractivity contribution >= 4 is 35.8 Å². The quantitative estimate of drug-likeness (QED) is 0.261. The lowest BCUT2D eigenvalue weighted by molar-refractivity contribution is 0.683. The summed E-state index contributed by atoms with van der Waals surface area (Å²) in [5, 5.41) is 11.3. The van der Waals surface area contributed by atoms with Gasteiger partial charge in [-0.25, -0.2) is 9.67 Å². The lowest BCUT2D eigenvalue weighted by Gasteiger charge is -2.22. The van der Waals surface area contributed by atoms with E-state index in [0.717, 1.165) is 30.6 Å². The first-order valence-corrected chi connectivity index (χ1v) is 11.5. The molecule has 0 bridgehead atoms. The molecule has 1 aliphatic heterocycles. The highest BCUT2D eigenvalue weighted by atomic mass is 127. The largest absolute Gasteiger partial charge is 0.357 e. The molecule has 1 aromatic carbocycles. The minimum absolute atomic E-state index is 0. The number of hydrogen-bond donors (Lipinski definition) is 2. The van der Waals surface area contributed by atoms with Gasteiger partial charge in [-0.3, -0.25) is 4.99 Å². The highest BCUT2D eigenvalue weighted by molar-refractivity contribution is 14.0. The van der Waals surface area contributed by atoms with Gasteiger partial charge < -0.3 is 15.5 Å². The zero-order valence-corrected chi connectivity index (χ0v) is 21.8. The molecule has 1 atom stereocenters. The minimum atomic E-state index is 0. The molecular formula is C25H34IN7. The molecule has 33 heavy (non-hydrogen) atoms.